The Hall–Kier alpha value is -1.80. The Labute approximate surface area is 205 Å². The van der Waals surface area contributed by atoms with Crippen molar-refractivity contribution in [3.05, 3.63) is 28.9 Å². The smallest absolute Gasteiger partial charge is 0.388 e. The lowest BCUT2D eigenvalue weighted by Gasteiger charge is -2.39. The third-order valence-corrected chi connectivity index (χ3v) is 6.33. The number of benzene rings is 1. The average Bonchev–Trinajstić information content (AvgIpc) is 3.17. The highest BCUT2D eigenvalue weighted by Gasteiger charge is 2.37. The molecule has 2 aromatic rings. The van der Waals surface area contributed by atoms with Crippen molar-refractivity contribution in [1.82, 2.24) is 15.5 Å². The summed E-state index contributed by atoms with van der Waals surface area (Å²) in [5.41, 5.74) is 1.51. The van der Waals surface area contributed by atoms with Crippen molar-refractivity contribution in [2.75, 3.05) is 6.54 Å². The first-order valence-electron chi connectivity index (χ1n) is 11.8. The van der Waals surface area contributed by atoms with Crippen molar-refractivity contribution < 1.29 is 23.1 Å². The van der Waals surface area contributed by atoms with E-state index in [1.807, 2.05) is 17.4 Å². The Balaban J connectivity index is 0.000000489. The minimum absolute atomic E-state index is 0.229. The number of nitrogens with one attached hydrogen (secondary N) is 2. The number of carbonyl (C=O) groups excluding carboxylic acids is 1. The van der Waals surface area contributed by atoms with Crippen LogP contribution in [0.2, 0.25) is 5.02 Å². The number of nitrogens with zero attached hydrogens (tertiary/aromatic N) is 1. The van der Waals surface area contributed by atoms with Gasteiger partial charge in [-0.1, -0.05) is 65.5 Å². The fourth-order valence-corrected chi connectivity index (χ4v) is 4.27. The number of amides is 1. The molecule has 1 heterocycles. The number of aromatic amines is 1. The second-order valence-corrected chi connectivity index (χ2v) is 10.3. The van der Waals surface area contributed by atoms with Crippen molar-refractivity contribution in [2.24, 2.45) is 17.3 Å². The van der Waals surface area contributed by atoms with E-state index in [-0.39, 0.29) is 12.0 Å². The zero-order chi connectivity index (χ0) is 26.1. The van der Waals surface area contributed by atoms with Crippen LogP contribution in [0.3, 0.4) is 0 Å². The van der Waals surface area contributed by atoms with E-state index >= 15 is 0 Å². The molecule has 2 unspecified atom stereocenters. The Morgan fingerprint density at radius 3 is 2.38 bits per heavy atom. The summed E-state index contributed by atoms with van der Waals surface area (Å²) in [5.74, 6) is 0.712. The van der Waals surface area contributed by atoms with Gasteiger partial charge >= 0.3 is 6.18 Å². The summed E-state index contributed by atoms with van der Waals surface area (Å²) in [6.45, 7) is 11.9. The van der Waals surface area contributed by atoms with Crippen LogP contribution in [0.5, 0.6) is 0 Å². The first-order valence-corrected chi connectivity index (χ1v) is 12.2. The highest BCUT2D eigenvalue weighted by molar-refractivity contribution is 6.31. The molecule has 0 spiro atoms. The number of rotatable bonds is 10. The molecule has 0 radical (unpaired) electrons. The zero-order valence-corrected chi connectivity index (χ0v) is 21.8. The number of aliphatic hydroxyl groups excluding tert-OH is 1. The molecule has 9 heteroatoms. The van der Waals surface area contributed by atoms with Crippen LogP contribution in [0.25, 0.3) is 10.9 Å². The Morgan fingerprint density at radius 1 is 1.21 bits per heavy atom. The summed E-state index contributed by atoms with van der Waals surface area (Å²) < 4.78 is 34.1. The van der Waals surface area contributed by atoms with Gasteiger partial charge in [0.25, 0.3) is 0 Å². The predicted molar refractivity (Wildman–Crippen MR) is 132 cm³/mol. The van der Waals surface area contributed by atoms with Gasteiger partial charge in [-0.05, 0) is 35.8 Å². The molecule has 2 rings (SSSR count). The van der Waals surface area contributed by atoms with Crippen LogP contribution >= 0.6 is 11.6 Å². The van der Waals surface area contributed by atoms with E-state index in [4.69, 9.17) is 11.6 Å². The zero-order valence-electron chi connectivity index (χ0n) is 21.0. The monoisotopic (exact) mass is 505 g/mol. The minimum atomic E-state index is -4.18. The number of halogens is 4. The summed E-state index contributed by atoms with van der Waals surface area (Å²) >= 11 is 6.27. The van der Waals surface area contributed by atoms with Crippen molar-refractivity contribution in [2.45, 2.75) is 85.9 Å². The van der Waals surface area contributed by atoms with Crippen LogP contribution in [0.1, 0.15) is 85.3 Å². The van der Waals surface area contributed by atoms with E-state index in [1.165, 1.54) is 13.3 Å². The van der Waals surface area contributed by atoms with Crippen molar-refractivity contribution in [1.29, 1.82) is 0 Å². The number of carbonyl (C=O) groups is 1. The van der Waals surface area contributed by atoms with E-state index < -0.39 is 24.6 Å². The summed E-state index contributed by atoms with van der Waals surface area (Å²) in [6.07, 6.45) is 0.625. The third-order valence-electron chi connectivity index (χ3n) is 6.11. The molecule has 0 fully saturated rings. The molecule has 5 nitrogen and oxygen atoms in total. The number of hydrogen-bond acceptors (Lipinski definition) is 3. The topological polar surface area (TPSA) is 78.0 Å². The number of aromatic nitrogens is 2. The van der Waals surface area contributed by atoms with E-state index in [0.717, 1.165) is 35.7 Å². The molecule has 1 aromatic carbocycles. The first-order chi connectivity index (χ1) is 15.7. The number of hydrogen-bond donors (Lipinski definition) is 3. The fourth-order valence-electron chi connectivity index (χ4n) is 4.04. The van der Waals surface area contributed by atoms with Gasteiger partial charge in [0.05, 0.1) is 24.2 Å². The van der Waals surface area contributed by atoms with E-state index in [0.29, 0.717) is 16.9 Å². The van der Waals surface area contributed by atoms with Crippen LogP contribution < -0.4 is 5.32 Å². The summed E-state index contributed by atoms with van der Waals surface area (Å²) in [5, 5.41) is 22.0. The lowest BCUT2D eigenvalue weighted by atomic mass is 9.68. The molecule has 0 saturated carbocycles. The number of aliphatic hydroxyl groups is 1. The van der Waals surface area contributed by atoms with Gasteiger partial charge in [-0.2, -0.15) is 18.3 Å². The van der Waals surface area contributed by atoms with Crippen LogP contribution in [0.15, 0.2) is 18.3 Å². The predicted octanol–water partition coefficient (Wildman–Crippen LogP) is 7.20. The number of fused-ring (bicyclic) bond motifs is 1. The van der Waals surface area contributed by atoms with Crippen molar-refractivity contribution >= 4 is 28.4 Å². The number of alkyl halides is 3. The summed E-state index contributed by atoms with van der Waals surface area (Å²) in [7, 11) is 0. The van der Waals surface area contributed by atoms with Gasteiger partial charge in [-0.25, -0.2) is 0 Å². The van der Waals surface area contributed by atoms with Gasteiger partial charge in [0.2, 0.25) is 5.91 Å². The molecule has 3 N–H and O–H groups in total. The maximum Gasteiger partial charge on any atom is 0.390 e. The molecule has 1 amide bonds. The minimum Gasteiger partial charge on any atom is -0.388 e. The van der Waals surface area contributed by atoms with Gasteiger partial charge in [0.15, 0.2) is 0 Å². The Morgan fingerprint density at radius 2 is 1.85 bits per heavy atom. The maximum absolute atomic E-state index is 11.4. The van der Waals surface area contributed by atoms with Gasteiger partial charge < -0.3 is 10.4 Å². The SMILES string of the molecule is CC(=O)NCCC(F)(F)F.CCCC(CCC(C)C)C(C)(C)C(O)c1cc(Cl)cc2cn[nH]c12. The summed E-state index contributed by atoms with van der Waals surface area (Å²) in [6, 6.07) is 3.76. The largest absolute Gasteiger partial charge is 0.390 e. The molecular weight excluding hydrogens is 467 g/mol. The van der Waals surface area contributed by atoms with Crippen molar-refractivity contribution in [3.63, 3.8) is 0 Å². The normalized spacial score (nSPS) is 14.0. The average molecular weight is 506 g/mol. The lowest BCUT2D eigenvalue weighted by molar-refractivity contribution is -0.135. The molecule has 0 aliphatic rings. The van der Waals surface area contributed by atoms with E-state index in [2.05, 4.69) is 44.8 Å². The molecule has 0 aliphatic carbocycles. The second-order valence-electron chi connectivity index (χ2n) is 9.86. The lowest BCUT2D eigenvalue weighted by Crippen LogP contribution is -2.31. The molecule has 194 valence electrons. The van der Waals surface area contributed by atoms with Gasteiger partial charge in [-0.15, -0.1) is 0 Å². The van der Waals surface area contributed by atoms with Gasteiger partial charge in [-0.3, -0.25) is 9.89 Å². The van der Waals surface area contributed by atoms with Crippen LogP contribution in [0.4, 0.5) is 13.2 Å². The molecule has 0 aliphatic heterocycles. The first kappa shape index (κ1) is 30.2. The van der Waals surface area contributed by atoms with E-state index in [9.17, 15) is 23.1 Å². The molecule has 34 heavy (non-hydrogen) atoms. The van der Waals surface area contributed by atoms with Crippen molar-refractivity contribution in [3.8, 4) is 0 Å². The Bertz CT molecular complexity index is 897. The quantitative estimate of drug-likeness (QED) is 0.319. The molecule has 2 atom stereocenters. The maximum atomic E-state index is 11.4. The second kappa shape index (κ2) is 13.3. The van der Waals surface area contributed by atoms with Crippen LogP contribution in [-0.4, -0.2) is 33.9 Å². The van der Waals surface area contributed by atoms with Gasteiger partial charge in [0.1, 0.15) is 0 Å². The molecule has 1 aromatic heterocycles. The van der Waals surface area contributed by atoms with E-state index in [1.54, 1.807) is 6.20 Å². The number of H-pyrrole nitrogens is 1. The Kier molecular flexibility index (Phi) is 11.9. The standard InChI is InChI=1S/C20H31ClN2O.C5H8F3NO/c1-6-7-15(9-8-13(2)3)20(4,5)19(24)17-11-16(21)10-14-12-22-23-18(14)17;1-4(10)9-3-2-5(6,7)8/h10-13,15,19,24H,6-9H2,1-5H3,(H,22,23);2-3H2,1H3,(H,9,10). The highest BCUT2D eigenvalue weighted by atomic mass is 35.5. The van der Waals surface area contributed by atoms with Crippen LogP contribution in [0, 0.1) is 17.3 Å². The molecular formula is C25H39ClF3N3O2. The third kappa shape index (κ3) is 9.82. The van der Waals surface area contributed by atoms with Gasteiger partial charge in [0, 0.05) is 29.4 Å². The van der Waals surface area contributed by atoms with Crippen LogP contribution in [-0.2, 0) is 4.79 Å². The fraction of sp³-hybridized carbons (Fsp3) is 0.680. The summed E-state index contributed by atoms with van der Waals surface area (Å²) in [4.78, 5) is 10.1. The molecule has 0 saturated heterocycles. The molecule has 0 bridgehead atoms. The highest BCUT2D eigenvalue weighted by Crippen LogP contribution is 2.46.